The van der Waals surface area contributed by atoms with E-state index in [0.29, 0.717) is 32.6 Å². The van der Waals surface area contributed by atoms with Crippen molar-refractivity contribution < 1.29 is 4.79 Å². The zero-order valence-electron chi connectivity index (χ0n) is 16.3. The monoisotopic (exact) mass is 470 g/mol. The average Bonchev–Trinajstić information content (AvgIpc) is 2.76. The molecular weight excluding hydrogens is 455 g/mol. The first kappa shape index (κ1) is 21.4. The Hall–Kier alpha value is -2.87. The Morgan fingerprint density at radius 2 is 1.90 bits per heavy atom. The van der Waals surface area contributed by atoms with Crippen LogP contribution in [0.3, 0.4) is 0 Å². The van der Waals surface area contributed by atoms with Crippen molar-refractivity contribution in [3.05, 3.63) is 86.8 Å². The van der Waals surface area contributed by atoms with Crippen molar-refractivity contribution in [1.29, 1.82) is 0 Å². The number of aromatic nitrogens is 3. The van der Waals surface area contributed by atoms with Gasteiger partial charge in [0.2, 0.25) is 5.91 Å². The van der Waals surface area contributed by atoms with Crippen molar-refractivity contribution in [2.45, 2.75) is 12.1 Å². The summed E-state index contributed by atoms with van der Waals surface area (Å²) in [5.74, 6) is 0.147. The van der Waals surface area contributed by atoms with Gasteiger partial charge in [-0.05, 0) is 42.8 Å². The van der Waals surface area contributed by atoms with Gasteiger partial charge in [-0.15, -0.1) is 0 Å². The molecule has 0 bridgehead atoms. The summed E-state index contributed by atoms with van der Waals surface area (Å²) in [4.78, 5) is 34.7. The molecule has 2 aromatic heterocycles. The third kappa shape index (κ3) is 4.58. The summed E-state index contributed by atoms with van der Waals surface area (Å²) in [5, 5.41) is 4.20. The number of carbonyl (C=O) groups is 1. The summed E-state index contributed by atoms with van der Waals surface area (Å²) < 4.78 is 1.42. The zero-order chi connectivity index (χ0) is 22.0. The lowest BCUT2D eigenvalue weighted by atomic mass is 10.2. The number of hydrogen-bond acceptors (Lipinski definition) is 5. The van der Waals surface area contributed by atoms with Crippen molar-refractivity contribution in [2.24, 2.45) is 0 Å². The lowest BCUT2D eigenvalue weighted by molar-refractivity contribution is -0.113. The molecule has 2 aromatic carbocycles. The normalized spacial score (nSPS) is 10.9. The molecule has 0 saturated carbocycles. The van der Waals surface area contributed by atoms with E-state index in [9.17, 15) is 9.59 Å². The Kier molecular flexibility index (Phi) is 6.27. The van der Waals surface area contributed by atoms with Gasteiger partial charge in [0.05, 0.1) is 32.4 Å². The molecule has 0 aliphatic heterocycles. The fourth-order valence-electron chi connectivity index (χ4n) is 2.92. The lowest BCUT2D eigenvalue weighted by Gasteiger charge is -2.13. The van der Waals surface area contributed by atoms with E-state index in [2.05, 4.69) is 15.3 Å². The number of hydrogen-bond donors (Lipinski definition) is 1. The average molecular weight is 471 g/mol. The number of anilines is 1. The molecule has 0 fully saturated rings. The second-order valence-electron chi connectivity index (χ2n) is 6.68. The molecule has 2 heterocycles. The largest absolute Gasteiger partial charge is 0.324 e. The Labute approximate surface area is 192 Å². The van der Waals surface area contributed by atoms with Gasteiger partial charge in [0.15, 0.2) is 5.16 Å². The second kappa shape index (κ2) is 9.09. The van der Waals surface area contributed by atoms with E-state index in [1.165, 1.54) is 4.57 Å². The van der Waals surface area contributed by atoms with Crippen LogP contribution < -0.4 is 10.9 Å². The van der Waals surface area contributed by atoms with Crippen LogP contribution in [0.4, 0.5) is 5.69 Å². The number of fused-ring (bicyclic) bond motifs is 1. The third-order valence-electron chi connectivity index (χ3n) is 4.43. The van der Waals surface area contributed by atoms with Gasteiger partial charge in [0.25, 0.3) is 5.56 Å². The smallest absolute Gasteiger partial charge is 0.267 e. The van der Waals surface area contributed by atoms with Gasteiger partial charge < -0.3 is 5.32 Å². The van der Waals surface area contributed by atoms with Crippen LogP contribution in [0.15, 0.2) is 70.7 Å². The van der Waals surface area contributed by atoms with Gasteiger partial charge in [0, 0.05) is 6.20 Å². The van der Waals surface area contributed by atoms with Crippen molar-refractivity contribution >= 4 is 57.5 Å². The number of aryl methyl sites for hydroxylation is 1. The van der Waals surface area contributed by atoms with Crippen LogP contribution in [0.5, 0.6) is 0 Å². The van der Waals surface area contributed by atoms with Crippen LogP contribution in [-0.2, 0) is 4.79 Å². The predicted molar refractivity (Wildman–Crippen MR) is 126 cm³/mol. The number of benzene rings is 2. The topological polar surface area (TPSA) is 76.9 Å². The van der Waals surface area contributed by atoms with Crippen molar-refractivity contribution in [2.75, 3.05) is 11.1 Å². The van der Waals surface area contributed by atoms with E-state index in [-0.39, 0.29) is 22.2 Å². The number of rotatable bonds is 5. The fourth-order valence-corrected chi connectivity index (χ4v) is 4.07. The highest BCUT2D eigenvalue weighted by atomic mass is 35.5. The Balaban J connectivity index is 1.67. The number of amides is 1. The van der Waals surface area contributed by atoms with Crippen LogP contribution in [0.2, 0.25) is 10.0 Å². The van der Waals surface area contributed by atoms with Crippen LogP contribution in [0.1, 0.15) is 5.56 Å². The summed E-state index contributed by atoms with van der Waals surface area (Å²) in [6.07, 6.45) is 1.68. The van der Waals surface area contributed by atoms with Gasteiger partial charge in [-0.1, -0.05) is 59.2 Å². The van der Waals surface area contributed by atoms with Crippen molar-refractivity contribution in [1.82, 2.24) is 14.5 Å². The quantitative estimate of drug-likeness (QED) is 0.323. The summed E-state index contributed by atoms with van der Waals surface area (Å²) in [6.45, 7) is 1.92. The summed E-state index contributed by atoms with van der Waals surface area (Å²) in [5.41, 5.74) is 1.70. The molecule has 0 unspecified atom stereocenters. The maximum atomic E-state index is 13.2. The molecule has 4 rings (SSSR count). The highest BCUT2D eigenvalue weighted by Crippen LogP contribution is 2.30. The van der Waals surface area contributed by atoms with E-state index in [1.807, 2.05) is 19.1 Å². The number of thioether (sulfide) groups is 1. The Morgan fingerprint density at radius 1 is 1.10 bits per heavy atom. The molecule has 31 heavy (non-hydrogen) atoms. The summed E-state index contributed by atoms with van der Waals surface area (Å²) >= 11 is 13.3. The first-order valence-electron chi connectivity index (χ1n) is 9.25. The predicted octanol–water partition coefficient (Wildman–Crippen LogP) is 5.13. The van der Waals surface area contributed by atoms with Gasteiger partial charge in [0.1, 0.15) is 5.82 Å². The number of nitrogens with one attached hydrogen (secondary N) is 1. The molecule has 1 amide bonds. The highest BCUT2D eigenvalue weighted by Gasteiger charge is 2.16. The first-order valence-corrected chi connectivity index (χ1v) is 11.0. The van der Waals surface area contributed by atoms with Crippen molar-refractivity contribution in [3.63, 3.8) is 0 Å². The number of nitrogens with zero attached hydrogens (tertiary/aromatic N) is 3. The lowest BCUT2D eigenvalue weighted by Crippen LogP contribution is -2.23. The molecule has 0 saturated heterocycles. The zero-order valence-corrected chi connectivity index (χ0v) is 18.6. The maximum absolute atomic E-state index is 13.2. The van der Waals surface area contributed by atoms with Gasteiger partial charge in [-0.2, -0.15) is 0 Å². The van der Waals surface area contributed by atoms with E-state index in [4.69, 9.17) is 23.2 Å². The number of halogens is 2. The Morgan fingerprint density at radius 3 is 2.68 bits per heavy atom. The molecule has 0 atom stereocenters. The summed E-state index contributed by atoms with van der Waals surface area (Å²) in [7, 11) is 0. The molecule has 0 spiro atoms. The minimum Gasteiger partial charge on any atom is -0.324 e. The minimum atomic E-state index is -0.306. The molecule has 0 aliphatic carbocycles. The Bertz CT molecular complexity index is 1340. The van der Waals surface area contributed by atoms with Crippen LogP contribution in [0, 0.1) is 6.92 Å². The van der Waals surface area contributed by atoms with Crippen molar-refractivity contribution in [3.8, 4) is 5.82 Å². The summed E-state index contributed by atoms with van der Waals surface area (Å²) in [6, 6.07) is 15.7. The van der Waals surface area contributed by atoms with Gasteiger partial charge in [-0.25, -0.2) is 14.5 Å². The standard InChI is InChI=1S/C22H16Cl2N4O2S/c1-13-9-10-18(25-11-13)28-21(30)14-5-2-3-7-16(14)27-22(28)31-12-19(29)26-17-8-4-6-15(23)20(17)24/h2-11H,12H2,1H3,(H,26,29). The molecule has 9 heteroatoms. The maximum Gasteiger partial charge on any atom is 0.267 e. The van der Waals surface area contributed by atoms with E-state index in [0.717, 1.165) is 17.3 Å². The second-order valence-corrected chi connectivity index (χ2v) is 8.41. The van der Waals surface area contributed by atoms with Crippen LogP contribution in [0.25, 0.3) is 16.7 Å². The SMILES string of the molecule is Cc1ccc(-n2c(SCC(=O)Nc3cccc(Cl)c3Cl)nc3ccccc3c2=O)nc1. The molecule has 0 aliphatic rings. The fraction of sp³-hybridized carbons (Fsp3) is 0.0909. The molecule has 156 valence electrons. The van der Waals surface area contributed by atoms with Crippen LogP contribution >= 0.6 is 35.0 Å². The molecule has 6 nitrogen and oxygen atoms in total. The first-order chi connectivity index (χ1) is 14.9. The number of para-hydroxylation sites is 1. The van der Waals surface area contributed by atoms with Crippen LogP contribution in [-0.4, -0.2) is 26.2 Å². The van der Waals surface area contributed by atoms with Gasteiger partial charge in [-0.3, -0.25) is 9.59 Å². The third-order valence-corrected chi connectivity index (χ3v) is 6.19. The van der Waals surface area contributed by atoms with E-state index in [1.54, 1.807) is 48.7 Å². The molecule has 0 radical (unpaired) electrons. The molecular formula is C22H16Cl2N4O2S. The number of carbonyl (C=O) groups excluding carboxylic acids is 1. The van der Waals surface area contributed by atoms with E-state index < -0.39 is 0 Å². The highest BCUT2D eigenvalue weighted by molar-refractivity contribution is 7.99. The molecule has 1 N–H and O–H groups in total. The number of pyridine rings is 1. The minimum absolute atomic E-state index is 0.0134. The van der Waals surface area contributed by atoms with Gasteiger partial charge >= 0.3 is 0 Å². The van der Waals surface area contributed by atoms with E-state index >= 15 is 0 Å². The molecule has 4 aromatic rings.